The third kappa shape index (κ3) is 5.38. The molecule has 0 saturated carbocycles. The lowest BCUT2D eigenvalue weighted by molar-refractivity contribution is -0.384. The Balaban J connectivity index is 1.53. The van der Waals surface area contributed by atoms with Crippen molar-refractivity contribution < 1.29 is 18.9 Å². The molecule has 0 aliphatic rings. The number of nitrogens with zero attached hydrogens (tertiary/aromatic N) is 3. The van der Waals surface area contributed by atoms with Crippen molar-refractivity contribution in [1.29, 1.82) is 0 Å². The second-order valence-electron chi connectivity index (χ2n) is 7.45. The number of non-ortho nitro benzene ring substituents is 1. The Morgan fingerprint density at radius 3 is 2.62 bits per heavy atom. The summed E-state index contributed by atoms with van der Waals surface area (Å²) in [6, 6.07) is 13.6. The number of rotatable bonds is 7. The molecule has 4 rings (SSSR count). The number of nitrogens with one attached hydrogen (secondary N) is 1. The Hall–Kier alpha value is -3.82. The van der Waals surface area contributed by atoms with E-state index < -0.39 is 10.8 Å². The summed E-state index contributed by atoms with van der Waals surface area (Å²) in [7, 11) is 0. The molecule has 0 unspecified atom stereocenters. The van der Waals surface area contributed by atoms with Gasteiger partial charge in [0, 0.05) is 22.8 Å². The molecule has 0 spiro atoms. The highest BCUT2D eigenvalue weighted by Gasteiger charge is 2.17. The van der Waals surface area contributed by atoms with Gasteiger partial charge in [-0.15, -0.1) is 0 Å². The van der Waals surface area contributed by atoms with Crippen molar-refractivity contribution in [2.75, 3.05) is 5.32 Å². The maximum absolute atomic E-state index is 12.7. The molecule has 1 N–H and O–H groups in total. The summed E-state index contributed by atoms with van der Waals surface area (Å²) in [5, 5.41) is 19.0. The van der Waals surface area contributed by atoms with Crippen molar-refractivity contribution in [3.8, 4) is 11.5 Å². The van der Waals surface area contributed by atoms with E-state index in [-0.39, 0.29) is 33.7 Å². The van der Waals surface area contributed by atoms with Gasteiger partial charge in [0.2, 0.25) is 0 Å². The van der Waals surface area contributed by atoms with E-state index in [0.717, 1.165) is 11.4 Å². The second-order valence-corrected chi connectivity index (χ2v) is 8.30. The SMILES string of the molecule is Cc1cc(C)n(Cc2ccc(C(=O)Nc3cc(Oc4ccc(Cl)cc4Cl)cc([N+](=O)[O-])c3)o2)n1. The fourth-order valence-corrected chi connectivity index (χ4v) is 3.71. The van der Waals surface area contributed by atoms with Gasteiger partial charge in [-0.2, -0.15) is 5.10 Å². The number of carbonyl (C=O) groups excluding carboxylic acids is 1. The fraction of sp³-hybridized carbons (Fsp3) is 0.130. The molecule has 1 amide bonds. The van der Waals surface area contributed by atoms with Crippen molar-refractivity contribution in [1.82, 2.24) is 9.78 Å². The van der Waals surface area contributed by atoms with Crippen molar-refractivity contribution in [3.63, 3.8) is 0 Å². The van der Waals surface area contributed by atoms with E-state index in [0.29, 0.717) is 17.3 Å². The minimum Gasteiger partial charge on any atom is -0.455 e. The van der Waals surface area contributed by atoms with Crippen LogP contribution in [0.5, 0.6) is 11.5 Å². The van der Waals surface area contributed by atoms with Gasteiger partial charge < -0.3 is 14.5 Å². The van der Waals surface area contributed by atoms with Gasteiger partial charge in [0.25, 0.3) is 11.6 Å². The highest BCUT2D eigenvalue weighted by Crippen LogP contribution is 2.34. The van der Waals surface area contributed by atoms with Crippen LogP contribution in [-0.4, -0.2) is 20.6 Å². The van der Waals surface area contributed by atoms with Crippen LogP contribution in [0.3, 0.4) is 0 Å². The van der Waals surface area contributed by atoms with Crippen molar-refractivity contribution in [2.24, 2.45) is 0 Å². The summed E-state index contributed by atoms with van der Waals surface area (Å²) in [4.78, 5) is 23.5. The van der Waals surface area contributed by atoms with Crippen LogP contribution in [0.25, 0.3) is 0 Å². The topological polar surface area (TPSA) is 112 Å². The molecule has 0 bridgehead atoms. The van der Waals surface area contributed by atoms with Crippen LogP contribution in [0.2, 0.25) is 10.0 Å². The minimum absolute atomic E-state index is 0.0475. The Kier molecular flexibility index (Phi) is 6.58. The molecule has 0 fully saturated rings. The molecule has 2 aromatic heterocycles. The third-order valence-corrected chi connectivity index (χ3v) is 5.31. The van der Waals surface area contributed by atoms with Crippen LogP contribution in [0.15, 0.2) is 59.0 Å². The molecule has 9 nitrogen and oxygen atoms in total. The van der Waals surface area contributed by atoms with Gasteiger partial charge in [-0.05, 0) is 50.2 Å². The number of nitro benzene ring substituents is 1. The summed E-state index contributed by atoms with van der Waals surface area (Å²) in [5.74, 6) is 0.376. The van der Waals surface area contributed by atoms with E-state index in [2.05, 4.69) is 10.4 Å². The molecule has 11 heteroatoms. The average Bonchev–Trinajstić information content (AvgIpc) is 3.36. The molecule has 2 heterocycles. The molecule has 4 aromatic rings. The Labute approximate surface area is 204 Å². The van der Waals surface area contributed by atoms with Crippen molar-refractivity contribution in [2.45, 2.75) is 20.4 Å². The van der Waals surface area contributed by atoms with Crippen LogP contribution in [0, 0.1) is 24.0 Å². The molecule has 0 radical (unpaired) electrons. The number of benzene rings is 2. The third-order valence-electron chi connectivity index (χ3n) is 4.78. The average molecular weight is 501 g/mol. The lowest BCUT2D eigenvalue weighted by atomic mass is 10.2. The first-order valence-corrected chi connectivity index (χ1v) is 10.8. The zero-order chi connectivity index (χ0) is 24.4. The number of aryl methyl sites for hydroxylation is 2. The molecular formula is C23H18Cl2N4O5. The fourth-order valence-electron chi connectivity index (χ4n) is 3.27. The second kappa shape index (κ2) is 9.58. The van der Waals surface area contributed by atoms with Gasteiger partial charge in [0.1, 0.15) is 17.3 Å². The molecule has 0 aliphatic heterocycles. The Morgan fingerprint density at radius 1 is 1.15 bits per heavy atom. The van der Waals surface area contributed by atoms with Gasteiger partial charge in [0.15, 0.2) is 5.76 Å². The number of ether oxygens (including phenoxy) is 1. The lowest BCUT2D eigenvalue weighted by Gasteiger charge is -2.10. The lowest BCUT2D eigenvalue weighted by Crippen LogP contribution is -2.11. The van der Waals surface area contributed by atoms with Crippen LogP contribution in [0.4, 0.5) is 11.4 Å². The number of nitro groups is 1. The molecule has 174 valence electrons. The standard InChI is InChI=1S/C23H18Cl2N4O5/c1-13-7-14(2)28(27-13)12-18-4-6-22(33-18)23(30)26-16-9-17(29(31)32)11-19(10-16)34-21-5-3-15(24)8-20(21)25/h3-11H,12H2,1-2H3,(H,26,30). The summed E-state index contributed by atoms with van der Waals surface area (Å²) >= 11 is 12.0. The molecular weight excluding hydrogens is 483 g/mol. The zero-order valence-electron chi connectivity index (χ0n) is 18.0. The van der Waals surface area contributed by atoms with Gasteiger partial charge in [-0.1, -0.05) is 23.2 Å². The van der Waals surface area contributed by atoms with Gasteiger partial charge in [0.05, 0.1) is 33.9 Å². The monoisotopic (exact) mass is 500 g/mol. The number of furan rings is 1. The summed E-state index contributed by atoms with van der Waals surface area (Å²) in [5.41, 5.74) is 1.72. The highest BCUT2D eigenvalue weighted by molar-refractivity contribution is 6.35. The van der Waals surface area contributed by atoms with Crippen LogP contribution < -0.4 is 10.1 Å². The van der Waals surface area contributed by atoms with Crippen LogP contribution in [0.1, 0.15) is 27.7 Å². The first-order valence-electron chi connectivity index (χ1n) is 10.0. The van der Waals surface area contributed by atoms with Crippen LogP contribution >= 0.6 is 23.2 Å². The quantitative estimate of drug-likeness (QED) is 0.232. The maximum atomic E-state index is 12.7. The molecule has 34 heavy (non-hydrogen) atoms. The summed E-state index contributed by atoms with van der Waals surface area (Å²) in [6.07, 6.45) is 0. The molecule has 0 saturated heterocycles. The minimum atomic E-state index is -0.592. The maximum Gasteiger partial charge on any atom is 0.291 e. The van der Waals surface area contributed by atoms with Gasteiger partial charge in [-0.3, -0.25) is 19.6 Å². The number of halogens is 2. The predicted molar refractivity (Wildman–Crippen MR) is 127 cm³/mol. The number of amides is 1. The molecule has 0 aliphatic carbocycles. The highest BCUT2D eigenvalue weighted by atomic mass is 35.5. The normalized spacial score (nSPS) is 10.8. The molecule has 2 aromatic carbocycles. The first kappa shape index (κ1) is 23.3. The zero-order valence-corrected chi connectivity index (χ0v) is 19.6. The summed E-state index contributed by atoms with van der Waals surface area (Å²) in [6.45, 7) is 4.18. The van der Waals surface area contributed by atoms with Crippen LogP contribution in [-0.2, 0) is 6.54 Å². The largest absolute Gasteiger partial charge is 0.455 e. The van der Waals surface area contributed by atoms with E-state index in [1.165, 1.54) is 36.4 Å². The van der Waals surface area contributed by atoms with E-state index in [1.54, 1.807) is 16.8 Å². The van der Waals surface area contributed by atoms with E-state index in [9.17, 15) is 14.9 Å². The first-order chi connectivity index (χ1) is 16.2. The van der Waals surface area contributed by atoms with Crippen molar-refractivity contribution in [3.05, 3.63) is 97.7 Å². The van der Waals surface area contributed by atoms with Gasteiger partial charge in [-0.25, -0.2) is 0 Å². The van der Waals surface area contributed by atoms with Gasteiger partial charge >= 0.3 is 0 Å². The number of aromatic nitrogens is 2. The Bertz CT molecular complexity index is 1400. The predicted octanol–water partition coefficient (Wildman–Crippen LogP) is 6.40. The van der Waals surface area contributed by atoms with E-state index in [1.807, 2.05) is 19.9 Å². The number of anilines is 1. The van der Waals surface area contributed by atoms with E-state index in [4.69, 9.17) is 32.4 Å². The summed E-state index contributed by atoms with van der Waals surface area (Å²) < 4.78 is 13.1. The van der Waals surface area contributed by atoms with Crippen molar-refractivity contribution >= 4 is 40.5 Å². The number of hydrogen-bond acceptors (Lipinski definition) is 6. The number of carbonyl (C=O) groups is 1. The van der Waals surface area contributed by atoms with E-state index >= 15 is 0 Å². The Morgan fingerprint density at radius 2 is 1.94 bits per heavy atom. The smallest absolute Gasteiger partial charge is 0.291 e. The molecule has 0 atom stereocenters. The number of hydrogen-bond donors (Lipinski definition) is 1.